The molecule has 1 amide bonds. The van der Waals surface area contributed by atoms with Crippen LogP contribution in [0.15, 0.2) is 30.3 Å². The van der Waals surface area contributed by atoms with Crippen molar-refractivity contribution in [1.29, 1.82) is 0 Å². The standard InChI is InChI=1S/C14H18F3NO3/c15-14(16,17)11-18(8-9-19)13(20)7-4-10-21-12-5-2-1-3-6-12/h1-3,5-6,19H,4,7-11H2. The highest BCUT2D eigenvalue weighted by Gasteiger charge is 2.32. The summed E-state index contributed by atoms with van der Waals surface area (Å²) in [7, 11) is 0. The molecule has 0 saturated heterocycles. The van der Waals surface area contributed by atoms with Gasteiger partial charge in [0.05, 0.1) is 13.2 Å². The van der Waals surface area contributed by atoms with Crippen LogP contribution >= 0.6 is 0 Å². The van der Waals surface area contributed by atoms with Crippen LogP contribution in [-0.2, 0) is 4.79 Å². The van der Waals surface area contributed by atoms with Gasteiger partial charge in [0, 0.05) is 13.0 Å². The van der Waals surface area contributed by atoms with Gasteiger partial charge < -0.3 is 14.7 Å². The predicted octanol–water partition coefficient (Wildman–Crippen LogP) is 2.23. The molecule has 0 atom stereocenters. The summed E-state index contributed by atoms with van der Waals surface area (Å²) in [5, 5.41) is 8.72. The molecule has 0 aliphatic rings. The average molecular weight is 305 g/mol. The lowest BCUT2D eigenvalue weighted by atomic mass is 10.2. The Morgan fingerprint density at radius 1 is 1.24 bits per heavy atom. The molecule has 1 aromatic carbocycles. The molecule has 0 spiro atoms. The lowest BCUT2D eigenvalue weighted by molar-refractivity contribution is -0.162. The molecule has 0 bridgehead atoms. The van der Waals surface area contributed by atoms with Gasteiger partial charge in [0.25, 0.3) is 0 Å². The number of nitrogens with zero attached hydrogens (tertiary/aromatic N) is 1. The van der Waals surface area contributed by atoms with E-state index in [0.717, 1.165) is 0 Å². The highest BCUT2D eigenvalue weighted by Crippen LogP contribution is 2.17. The number of hydrogen-bond acceptors (Lipinski definition) is 3. The molecule has 0 fully saturated rings. The summed E-state index contributed by atoms with van der Waals surface area (Å²) in [5.41, 5.74) is 0. The van der Waals surface area contributed by atoms with Gasteiger partial charge in [-0.05, 0) is 18.6 Å². The van der Waals surface area contributed by atoms with E-state index in [9.17, 15) is 18.0 Å². The van der Waals surface area contributed by atoms with E-state index in [2.05, 4.69) is 0 Å². The molecule has 0 saturated carbocycles. The molecular formula is C14H18F3NO3. The van der Waals surface area contributed by atoms with Crippen LogP contribution in [0.25, 0.3) is 0 Å². The topological polar surface area (TPSA) is 49.8 Å². The van der Waals surface area contributed by atoms with E-state index in [0.29, 0.717) is 17.1 Å². The molecule has 1 N–H and O–H groups in total. The van der Waals surface area contributed by atoms with Crippen LogP contribution in [0.2, 0.25) is 0 Å². The number of rotatable bonds is 8. The van der Waals surface area contributed by atoms with E-state index in [1.54, 1.807) is 24.3 Å². The first kappa shape index (κ1) is 17.3. The van der Waals surface area contributed by atoms with E-state index < -0.39 is 25.2 Å². The van der Waals surface area contributed by atoms with E-state index in [4.69, 9.17) is 9.84 Å². The van der Waals surface area contributed by atoms with Crippen molar-refractivity contribution >= 4 is 5.91 Å². The Hall–Kier alpha value is -1.76. The van der Waals surface area contributed by atoms with Crippen molar-refractivity contribution in [3.8, 4) is 5.75 Å². The number of carbonyl (C=O) groups excluding carboxylic acids is 1. The molecule has 1 rings (SSSR count). The van der Waals surface area contributed by atoms with Crippen molar-refractivity contribution in [2.45, 2.75) is 19.0 Å². The second-order valence-electron chi connectivity index (χ2n) is 4.42. The zero-order valence-electron chi connectivity index (χ0n) is 11.5. The highest BCUT2D eigenvalue weighted by atomic mass is 19.4. The molecule has 0 aromatic heterocycles. The summed E-state index contributed by atoms with van der Waals surface area (Å²) in [6.45, 7) is -1.92. The normalized spacial score (nSPS) is 11.2. The molecule has 4 nitrogen and oxygen atoms in total. The Bertz CT molecular complexity index is 423. The first-order valence-corrected chi connectivity index (χ1v) is 6.55. The molecule has 21 heavy (non-hydrogen) atoms. The lowest BCUT2D eigenvalue weighted by Crippen LogP contribution is -2.40. The van der Waals surface area contributed by atoms with E-state index in [-0.39, 0.29) is 19.6 Å². The average Bonchev–Trinajstić information content (AvgIpc) is 2.42. The number of benzene rings is 1. The Morgan fingerprint density at radius 3 is 2.48 bits per heavy atom. The van der Waals surface area contributed by atoms with Crippen LogP contribution in [0.4, 0.5) is 13.2 Å². The third-order valence-electron chi connectivity index (χ3n) is 2.64. The molecule has 7 heteroatoms. The van der Waals surface area contributed by atoms with Crippen LogP contribution in [0, 0.1) is 0 Å². The van der Waals surface area contributed by atoms with Gasteiger partial charge >= 0.3 is 6.18 Å². The fraction of sp³-hybridized carbons (Fsp3) is 0.500. The van der Waals surface area contributed by atoms with Gasteiger partial charge in [-0.1, -0.05) is 18.2 Å². The summed E-state index contributed by atoms with van der Waals surface area (Å²) >= 11 is 0. The number of alkyl halides is 3. The second kappa shape index (κ2) is 8.51. The molecule has 0 heterocycles. The number of ether oxygens (including phenoxy) is 1. The monoisotopic (exact) mass is 305 g/mol. The van der Waals surface area contributed by atoms with Crippen molar-refractivity contribution in [3.63, 3.8) is 0 Å². The van der Waals surface area contributed by atoms with E-state index in [1.165, 1.54) is 0 Å². The van der Waals surface area contributed by atoms with E-state index >= 15 is 0 Å². The van der Waals surface area contributed by atoms with Crippen molar-refractivity contribution in [2.24, 2.45) is 0 Å². The lowest BCUT2D eigenvalue weighted by Gasteiger charge is -2.23. The molecule has 0 aliphatic heterocycles. The minimum absolute atomic E-state index is 0.0527. The first-order chi connectivity index (χ1) is 9.92. The number of aliphatic hydroxyl groups is 1. The molecule has 1 aromatic rings. The Balaban J connectivity index is 2.33. The summed E-state index contributed by atoms with van der Waals surface area (Å²) in [6.07, 6.45) is -4.21. The molecule has 0 unspecified atom stereocenters. The largest absolute Gasteiger partial charge is 0.494 e. The van der Waals surface area contributed by atoms with Crippen molar-refractivity contribution in [1.82, 2.24) is 4.90 Å². The maximum Gasteiger partial charge on any atom is 0.406 e. The summed E-state index contributed by atoms with van der Waals surface area (Å²) < 4.78 is 42.3. The first-order valence-electron chi connectivity index (χ1n) is 6.55. The van der Waals surface area contributed by atoms with E-state index in [1.807, 2.05) is 6.07 Å². The van der Waals surface area contributed by atoms with Gasteiger partial charge in [0.1, 0.15) is 12.3 Å². The Kier molecular flexibility index (Phi) is 7.01. The summed E-state index contributed by atoms with van der Waals surface area (Å²) in [5.74, 6) is 0.00508. The van der Waals surface area contributed by atoms with Crippen molar-refractivity contribution in [2.75, 3.05) is 26.3 Å². The minimum Gasteiger partial charge on any atom is -0.494 e. The third-order valence-corrected chi connectivity index (χ3v) is 2.64. The van der Waals surface area contributed by atoms with Crippen LogP contribution in [0.5, 0.6) is 5.75 Å². The Morgan fingerprint density at radius 2 is 1.90 bits per heavy atom. The van der Waals surface area contributed by atoms with Crippen LogP contribution in [-0.4, -0.2) is 48.4 Å². The smallest absolute Gasteiger partial charge is 0.406 e. The summed E-state index contributed by atoms with van der Waals surface area (Å²) in [4.78, 5) is 12.3. The number of para-hydroxylation sites is 1. The van der Waals surface area contributed by atoms with Gasteiger partial charge in [-0.25, -0.2) is 0 Å². The maximum atomic E-state index is 12.3. The third kappa shape index (κ3) is 7.55. The van der Waals surface area contributed by atoms with Gasteiger partial charge in [-0.3, -0.25) is 4.79 Å². The van der Waals surface area contributed by atoms with Gasteiger partial charge in [0.15, 0.2) is 0 Å². The zero-order valence-corrected chi connectivity index (χ0v) is 11.5. The summed E-state index contributed by atoms with van der Waals surface area (Å²) in [6, 6.07) is 8.94. The number of aliphatic hydroxyl groups excluding tert-OH is 1. The predicted molar refractivity (Wildman–Crippen MR) is 70.9 cm³/mol. The van der Waals surface area contributed by atoms with Crippen LogP contribution < -0.4 is 4.74 Å². The van der Waals surface area contributed by atoms with Gasteiger partial charge in [0.2, 0.25) is 5.91 Å². The van der Waals surface area contributed by atoms with Crippen LogP contribution in [0.3, 0.4) is 0 Å². The number of hydrogen-bond donors (Lipinski definition) is 1. The highest BCUT2D eigenvalue weighted by molar-refractivity contribution is 5.76. The molecular weight excluding hydrogens is 287 g/mol. The zero-order chi connectivity index (χ0) is 15.7. The number of carbonyl (C=O) groups is 1. The van der Waals surface area contributed by atoms with Gasteiger partial charge in [-0.2, -0.15) is 13.2 Å². The fourth-order valence-corrected chi connectivity index (χ4v) is 1.72. The quantitative estimate of drug-likeness (QED) is 0.749. The molecule has 0 aliphatic carbocycles. The van der Waals surface area contributed by atoms with Crippen molar-refractivity contribution < 1.29 is 27.8 Å². The minimum atomic E-state index is -4.47. The Labute approximate surface area is 121 Å². The number of halogens is 3. The maximum absolute atomic E-state index is 12.3. The van der Waals surface area contributed by atoms with Gasteiger partial charge in [-0.15, -0.1) is 0 Å². The second-order valence-corrected chi connectivity index (χ2v) is 4.42. The number of amides is 1. The fourth-order valence-electron chi connectivity index (χ4n) is 1.72. The van der Waals surface area contributed by atoms with Crippen molar-refractivity contribution in [3.05, 3.63) is 30.3 Å². The van der Waals surface area contributed by atoms with Crippen LogP contribution in [0.1, 0.15) is 12.8 Å². The molecule has 118 valence electrons. The SMILES string of the molecule is O=C(CCCOc1ccccc1)N(CCO)CC(F)(F)F. The molecule has 0 radical (unpaired) electrons.